The average molecular weight is 301 g/mol. The third kappa shape index (κ3) is 3.84. The van der Waals surface area contributed by atoms with Gasteiger partial charge in [0.2, 0.25) is 15.9 Å². The van der Waals surface area contributed by atoms with Crippen molar-refractivity contribution < 1.29 is 17.9 Å². The first-order valence-corrected chi connectivity index (χ1v) is 7.53. The smallest absolute Gasteiger partial charge is 0.244 e. The number of benzene rings is 1. The van der Waals surface area contributed by atoms with E-state index in [0.717, 1.165) is 0 Å². The minimum Gasteiger partial charge on any atom is -0.495 e. The maximum atomic E-state index is 12.2. The maximum absolute atomic E-state index is 12.2. The minimum absolute atomic E-state index is 0.0645. The van der Waals surface area contributed by atoms with E-state index in [1.807, 2.05) is 0 Å². The van der Waals surface area contributed by atoms with E-state index in [2.05, 4.69) is 10.0 Å². The Morgan fingerprint density at radius 1 is 1.45 bits per heavy atom. The number of rotatable bonds is 6. The highest BCUT2D eigenvalue weighted by Gasteiger charge is 2.24. The largest absolute Gasteiger partial charge is 0.495 e. The normalized spacial score (nSPS) is 12.8. The van der Waals surface area contributed by atoms with Crippen LogP contribution in [0.5, 0.6) is 5.75 Å². The highest BCUT2D eigenvalue weighted by atomic mass is 32.2. The van der Waals surface area contributed by atoms with Crippen molar-refractivity contribution in [3.63, 3.8) is 0 Å². The third-order valence-corrected chi connectivity index (χ3v) is 4.13. The van der Waals surface area contributed by atoms with Gasteiger partial charge in [0.05, 0.1) is 13.2 Å². The number of nitrogen functional groups attached to an aromatic ring is 1. The number of methoxy groups -OCH3 is 1. The van der Waals surface area contributed by atoms with Crippen LogP contribution in [-0.4, -0.2) is 34.0 Å². The number of sulfonamides is 1. The first kappa shape index (κ1) is 16.3. The molecule has 4 N–H and O–H groups in total. The van der Waals surface area contributed by atoms with Crippen LogP contribution in [0.1, 0.15) is 13.8 Å². The first-order chi connectivity index (χ1) is 9.31. The standard InChI is InChI=1S/C12H19N3O4S/c1-4-14-12(16)8(2)15-20(17,18)11-6-5-9(13)7-10(11)19-3/h5-8,15H,4,13H2,1-3H3,(H,14,16). The first-order valence-electron chi connectivity index (χ1n) is 6.05. The molecule has 1 rings (SSSR count). The van der Waals surface area contributed by atoms with Crippen molar-refractivity contribution >= 4 is 21.6 Å². The van der Waals surface area contributed by atoms with E-state index in [0.29, 0.717) is 12.2 Å². The van der Waals surface area contributed by atoms with Crippen molar-refractivity contribution in [2.75, 3.05) is 19.4 Å². The molecule has 1 amide bonds. The lowest BCUT2D eigenvalue weighted by atomic mass is 10.3. The summed E-state index contributed by atoms with van der Waals surface area (Å²) >= 11 is 0. The summed E-state index contributed by atoms with van der Waals surface area (Å²) < 4.78 is 31.8. The Bertz CT molecular complexity index is 586. The predicted molar refractivity (Wildman–Crippen MR) is 75.9 cm³/mol. The fourth-order valence-corrected chi connectivity index (χ4v) is 2.94. The van der Waals surface area contributed by atoms with Crippen molar-refractivity contribution in [2.45, 2.75) is 24.8 Å². The summed E-state index contributed by atoms with van der Waals surface area (Å²) in [5.41, 5.74) is 5.96. The Morgan fingerprint density at radius 3 is 2.65 bits per heavy atom. The summed E-state index contributed by atoms with van der Waals surface area (Å²) in [4.78, 5) is 11.5. The van der Waals surface area contributed by atoms with Gasteiger partial charge in [-0.1, -0.05) is 0 Å². The highest BCUT2D eigenvalue weighted by molar-refractivity contribution is 7.89. The second kappa shape index (κ2) is 6.58. The molecule has 0 spiro atoms. The van der Waals surface area contributed by atoms with Crippen LogP contribution in [0.2, 0.25) is 0 Å². The monoisotopic (exact) mass is 301 g/mol. The minimum atomic E-state index is -3.87. The lowest BCUT2D eigenvalue weighted by molar-refractivity contribution is -0.122. The Balaban J connectivity index is 3.03. The summed E-state index contributed by atoms with van der Waals surface area (Å²) in [6.45, 7) is 3.64. The van der Waals surface area contributed by atoms with Crippen LogP contribution in [-0.2, 0) is 14.8 Å². The van der Waals surface area contributed by atoms with E-state index in [4.69, 9.17) is 10.5 Å². The zero-order valence-electron chi connectivity index (χ0n) is 11.6. The molecule has 112 valence electrons. The molecule has 0 radical (unpaired) electrons. The molecule has 0 saturated heterocycles. The predicted octanol–water partition coefficient (Wildman–Crippen LogP) is 0.0803. The Kier molecular flexibility index (Phi) is 5.34. The number of nitrogens with two attached hydrogens (primary N) is 1. The molecular formula is C12H19N3O4S. The fourth-order valence-electron chi connectivity index (χ4n) is 1.58. The number of amides is 1. The van der Waals surface area contributed by atoms with Crippen LogP contribution in [0.25, 0.3) is 0 Å². The van der Waals surface area contributed by atoms with Gasteiger partial charge in [-0.25, -0.2) is 8.42 Å². The van der Waals surface area contributed by atoms with E-state index >= 15 is 0 Å². The molecule has 0 aliphatic rings. The Labute approximate surface area is 118 Å². The highest BCUT2D eigenvalue weighted by Crippen LogP contribution is 2.25. The molecule has 0 saturated carbocycles. The zero-order chi connectivity index (χ0) is 15.3. The van der Waals surface area contributed by atoms with E-state index in [1.165, 1.54) is 32.2 Å². The fraction of sp³-hybridized carbons (Fsp3) is 0.417. The lowest BCUT2D eigenvalue weighted by Gasteiger charge is -2.15. The van der Waals surface area contributed by atoms with E-state index in [1.54, 1.807) is 6.92 Å². The van der Waals surface area contributed by atoms with Crippen molar-refractivity contribution in [3.05, 3.63) is 18.2 Å². The zero-order valence-corrected chi connectivity index (χ0v) is 12.5. The molecule has 1 aromatic rings. The molecule has 1 unspecified atom stereocenters. The van der Waals surface area contributed by atoms with Crippen LogP contribution >= 0.6 is 0 Å². The van der Waals surface area contributed by atoms with Crippen LogP contribution in [0, 0.1) is 0 Å². The van der Waals surface area contributed by atoms with Gasteiger partial charge < -0.3 is 15.8 Å². The number of ether oxygens (including phenoxy) is 1. The number of likely N-dealkylation sites (N-methyl/N-ethyl adjacent to an activating group) is 1. The van der Waals surface area contributed by atoms with Gasteiger partial charge in [0, 0.05) is 18.3 Å². The number of carbonyl (C=O) groups is 1. The summed E-state index contributed by atoms with van der Waals surface area (Å²) in [6, 6.07) is 3.31. The molecule has 0 aromatic heterocycles. The molecule has 0 aliphatic heterocycles. The average Bonchev–Trinajstić information content (AvgIpc) is 2.37. The number of carbonyl (C=O) groups excluding carboxylic acids is 1. The van der Waals surface area contributed by atoms with Gasteiger partial charge in [0.15, 0.2) is 0 Å². The SMILES string of the molecule is CCNC(=O)C(C)NS(=O)(=O)c1ccc(N)cc1OC. The number of anilines is 1. The second-order valence-electron chi connectivity index (χ2n) is 4.15. The van der Waals surface area contributed by atoms with E-state index in [9.17, 15) is 13.2 Å². The van der Waals surface area contributed by atoms with Crippen molar-refractivity contribution in [1.29, 1.82) is 0 Å². The lowest BCUT2D eigenvalue weighted by Crippen LogP contribution is -2.44. The van der Waals surface area contributed by atoms with Gasteiger partial charge in [0.1, 0.15) is 10.6 Å². The number of hydrogen-bond acceptors (Lipinski definition) is 5. The molecule has 0 fully saturated rings. The molecule has 7 nitrogen and oxygen atoms in total. The molecule has 0 bridgehead atoms. The summed E-state index contributed by atoms with van der Waals surface area (Å²) in [5.74, 6) is -0.272. The number of nitrogens with one attached hydrogen (secondary N) is 2. The van der Waals surface area contributed by atoms with E-state index < -0.39 is 22.0 Å². The molecule has 8 heteroatoms. The van der Waals surface area contributed by atoms with Crippen molar-refractivity contribution in [3.8, 4) is 5.75 Å². The summed E-state index contributed by atoms with van der Waals surface area (Å²) in [5, 5.41) is 2.54. The number of hydrogen-bond donors (Lipinski definition) is 3. The molecule has 0 aliphatic carbocycles. The molecule has 1 aromatic carbocycles. The molecule has 1 atom stereocenters. The quantitative estimate of drug-likeness (QED) is 0.644. The van der Waals surface area contributed by atoms with Gasteiger partial charge in [-0.2, -0.15) is 4.72 Å². The Morgan fingerprint density at radius 2 is 2.10 bits per heavy atom. The van der Waals surface area contributed by atoms with Gasteiger partial charge in [0.25, 0.3) is 0 Å². The van der Waals surface area contributed by atoms with Gasteiger partial charge in [-0.05, 0) is 26.0 Å². The van der Waals surface area contributed by atoms with Gasteiger partial charge >= 0.3 is 0 Å². The van der Waals surface area contributed by atoms with Gasteiger partial charge in [-0.15, -0.1) is 0 Å². The van der Waals surface area contributed by atoms with Gasteiger partial charge in [-0.3, -0.25) is 4.79 Å². The van der Waals surface area contributed by atoms with Crippen LogP contribution < -0.4 is 20.5 Å². The van der Waals surface area contributed by atoms with Crippen molar-refractivity contribution in [2.24, 2.45) is 0 Å². The molecular weight excluding hydrogens is 282 g/mol. The second-order valence-corrected chi connectivity index (χ2v) is 5.83. The van der Waals surface area contributed by atoms with Crippen LogP contribution in [0.15, 0.2) is 23.1 Å². The summed E-state index contributed by atoms with van der Waals surface area (Å²) in [6.07, 6.45) is 0. The molecule has 0 heterocycles. The maximum Gasteiger partial charge on any atom is 0.244 e. The van der Waals surface area contributed by atoms with Crippen molar-refractivity contribution in [1.82, 2.24) is 10.0 Å². The Hall–Kier alpha value is -1.80. The van der Waals surface area contributed by atoms with Crippen LogP contribution in [0.3, 0.4) is 0 Å². The topological polar surface area (TPSA) is 111 Å². The molecule has 20 heavy (non-hydrogen) atoms. The third-order valence-electron chi connectivity index (χ3n) is 2.55. The summed E-state index contributed by atoms with van der Waals surface area (Å²) in [7, 11) is -2.53. The van der Waals surface area contributed by atoms with Crippen LogP contribution in [0.4, 0.5) is 5.69 Å². The van der Waals surface area contributed by atoms with E-state index in [-0.39, 0.29) is 10.6 Å².